The molecule has 132 valence electrons. The topological polar surface area (TPSA) is 87.7 Å². The SMILES string of the molecule is Cc1ccc(OCC(=O)NCCNC(=O)c2cccc(O)c2)c(C)c1. The van der Waals surface area contributed by atoms with Gasteiger partial charge in [0.2, 0.25) is 0 Å². The number of phenols is 1. The molecule has 0 saturated heterocycles. The van der Waals surface area contributed by atoms with Gasteiger partial charge < -0.3 is 20.5 Å². The molecule has 2 aromatic rings. The fourth-order valence-electron chi connectivity index (χ4n) is 2.28. The van der Waals surface area contributed by atoms with Gasteiger partial charge >= 0.3 is 0 Å². The van der Waals surface area contributed by atoms with Crippen LogP contribution in [-0.4, -0.2) is 36.6 Å². The summed E-state index contributed by atoms with van der Waals surface area (Å²) in [5.74, 6) is 0.144. The van der Waals surface area contributed by atoms with Crippen LogP contribution in [0.3, 0.4) is 0 Å². The van der Waals surface area contributed by atoms with E-state index in [1.807, 2.05) is 32.0 Å². The van der Waals surface area contributed by atoms with Crippen LogP contribution in [0.5, 0.6) is 11.5 Å². The normalized spacial score (nSPS) is 10.2. The van der Waals surface area contributed by atoms with Crippen LogP contribution in [0.2, 0.25) is 0 Å². The Bertz CT molecular complexity index is 759. The first-order valence-corrected chi connectivity index (χ1v) is 7.99. The quantitative estimate of drug-likeness (QED) is 0.671. The van der Waals surface area contributed by atoms with Gasteiger partial charge in [-0.2, -0.15) is 0 Å². The third kappa shape index (κ3) is 5.84. The van der Waals surface area contributed by atoms with E-state index in [0.717, 1.165) is 11.1 Å². The van der Waals surface area contributed by atoms with Crippen molar-refractivity contribution < 1.29 is 19.4 Å². The maximum Gasteiger partial charge on any atom is 0.258 e. The van der Waals surface area contributed by atoms with Gasteiger partial charge in [-0.25, -0.2) is 0 Å². The minimum Gasteiger partial charge on any atom is -0.508 e. The first-order chi connectivity index (χ1) is 12.0. The van der Waals surface area contributed by atoms with E-state index in [4.69, 9.17) is 4.74 Å². The zero-order chi connectivity index (χ0) is 18.2. The molecular weight excluding hydrogens is 320 g/mol. The fraction of sp³-hybridized carbons (Fsp3) is 0.263. The van der Waals surface area contributed by atoms with Crippen molar-refractivity contribution in [2.75, 3.05) is 19.7 Å². The van der Waals surface area contributed by atoms with E-state index in [1.54, 1.807) is 12.1 Å². The lowest BCUT2D eigenvalue weighted by molar-refractivity contribution is -0.123. The maximum absolute atomic E-state index is 11.9. The Kier molecular flexibility index (Phi) is 6.39. The third-order valence-electron chi connectivity index (χ3n) is 3.53. The predicted molar refractivity (Wildman–Crippen MR) is 94.9 cm³/mol. The first kappa shape index (κ1) is 18.3. The molecule has 0 aromatic heterocycles. The number of hydrogen-bond donors (Lipinski definition) is 3. The van der Waals surface area contributed by atoms with Crippen LogP contribution in [0.25, 0.3) is 0 Å². The molecule has 0 fully saturated rings. The highest BCUT2D eigenvalue weighted by Crippen LogP contribution is 2.18. The molecule has 0 bridgehead atoms. The Hall–Kier alpha value is -3.02. The van der Waals surface area contributed by atoms with Gasteiger partial charge in [-0.15, -0.1) is 0 Å². The van der Waals surface area contributed by atoms with Gasteiger partial charge in [-0.1, -0.05) is 23.8 Å². The summed E-state index contributed by atoms with van der Waals surface area (Å²) in [6.07, 6.45) is 0. The molecule has 0 spiro atoms. The average Bonchev–Trinajstić information content (AvgIpc) is 2.57. The van der Waals surface area contributed by atoms with Crippen LogP contribution in [-0.2, 0) is 4.79 Å². The third-order valence-corrected chi connectivity index (χ3v) is 3.53. The Morgan fingerprint density at radius 1 is 1.04 bits per heavy atom. The molecule has 0 saturated carbocycles. The second-order valence-corrected chi connectivity index (χ2v) is 5.71. The average molecular weight is 342 g/mol. The number of amides is 2. The molecule has 2 rings (SSSR count). The van der Waals surface area contributed by atoms with Crippen LogP contribution in [0.4, 0.5) is 0 Å². The van der Waals surface area contributed by atoms with Crippen LogP contribution in [0, 0.1) is 13.8 Å². The number of benzene rings is 2. The number of rotatable bonds is 7. The van der Waals surface area contributed by atoms with E-state index in [1.165, 1.54) is 12.1 Å². The van der Waals surface area contributed by atoms with E-state index in [2.05, 4.69) is 10.6 Å². The first-order valence-electron chi connectivity index (χ1n) is 7.99. The largest absolute Gasteiger partial charge is 0.508 e. The minimum atomic E-state index is -0.309. The van der Waals surface area contributed by atoms with Crippen molar-refractivity contribution >= 4 is 11.8 Å². The molecule has 2 aromatic carbocycles. The molecule has 0 heterocycles. The lowest BCUT2D eigenvalue weighted by Gasteiger charge is -2.10. The summed E-state index contributed by atoms with van der Waals surface area (Å²) in [6.45, 7) is 4.42. The summed E-state index contributed by atoms with van der Waals surface area (Å²) in [5.41, 5.74) is 2.48. The van der Waals surface area contributed by atoms with E-state index in [9.17, 15) is 14.7 Å². The molecule has 0 unspecified atom stereocenters. The van der Waals surface area contributed by atoms with Crippen molar-refractivity contribution in [3.8, 4) is 11.5 Å². The summed E-state index contributed by atoms with van der Waals surface area (Å²) in [4.78, 5) is 23.6. The Morgan fingerprint density at radius 3 is 2.52 bits per heavy atom. The van der Waals surface area contributed by atoms with Crippen LogP contribution >= 0.6 is 0 Å². The summed E-state index contributed by atoms with van der Waals surface area (Å²) < 4.78 is 5.49. The van der Waals surface area contributed by atoms with Crippen molar-refractivity contribution in [2.45, 2.75) is 13.8 Å². The summed E-state index contributed by atoms with van der Waals surface area (Å²) in [5, 5.41) is 14.7. The zero-order valence-electron chi connectivity index (χ0n) is 14.3. The molecule has 6 heteroatoms. The molecule has 0 aliphatic rings. The standard InChI is InChI=1S/C19H22N2O4/c1-13-6-7-17(14(2)10-13)25-12-18(23)20-8-9-21-19(24)15-4-3-5-16(22)11-15/h3-7,10-11,22H,8-9,12H2,1-2H3,(H,20,23)(H,21,24). The van der Waals surface area contributed by atoms with E-state index in [0.29, 0.717) is 17.9 Å². The smallest absolute Gasteiger partial charge is 0.258 e. The van der Waals surface area contributed by atoms with Crippen molar-refractivity contribution in [1.29, 1.82) is 0 Å². The zero-order valence-corrected chi connectivity index (χ0v) is 14.3. The lowest BCUT2D eigenvalue weighted by Crippen LogP contribution is -2.36. The Morgan fingerprint density at radius 2 is 1.80 bits per heavy atom. The fourth-order valence-corrected chi connectivity index (χ4v) is 2.28. The second kappa shape index (κ2) is 8.73. The second-order valence-electron chi connectivity index (χ2n) is 5.71. The monoisotopic (exact) mass is 342 g/mol. The van der Waals surface area contributed by atoms with Gasteiger partial charge in [0.1, 0.15) is 11.5 Å². The van der Waals surface area contributed by atoms with Crippen molar-refractivity contribution in [2.24, 2.45) is 0 Å². The lowest BCUT2D eigenvalue weighted by atomic mass is 10.1. The molecule has 0 aliphatic carbocycles. The van der Waals surface area contributed by atoms with Gasteiger partial charge in [0.15, 0.2) is 6.61 Å². The minimum absolute atomic E-state index is 0.0319. The van der Waals surface area contributed by atoms with E-state index < -0.39 is 0 Å². The number of ether oxygens (including phenoxy) is 1. The highest BCUT2D eigenvalue weighted by atomic mass is 16.5. The van der Waals surface area contributed by atoms with Gasteiger partial charge in [0, 0.05) is 18.7 Å². The van der Waals surface area contributed by atoms with Crippen molar-refractivity contribution in [3.63, 3.8) is 0 Å². The summed E-state index contributed by atoms with van der Waals surface area (Å²) in [6, 6.07) is 11.8. The highest BCUT2D eigenvalue weighted by Gasteiger charge is 2.07. The highest BCUT2D eigenvalue weighted by molar-refractivity contribution is 5.94. The number of aryl methyl sites for hydroxylation is 2. The summed E-state index contributed by atoms with van der Waals surface area (Å²) >= 11 is 0. The maximum atomic E-state index is 11.9. The molecule has 2 amide bonds. The Balaban J connectivity index is 1.67. The predicted octanol–water partition coefficient (Wildman–Crippen LogP) is 1.93. The van der Waals surface area contributed by atoms with Crippen LogP contribution in [0.1, 0.15) is 21.5 Å². The molecule has 0 atom stereocenters. The number of hydrogen-bond acceptors (Lipinski definition) is 4. The van der Waals surface area contributed by atoms with Gasteiger partial charge in [-0.3, -0.25) is 9.59 Å². The van der Waals surface area contributed by atoms with Crippen LogP contribution in [0.15, 0.2) is 42.5 Å². The number of carbonyl (C=O) groups excluding carboxylic acids is 2. The molecule has 25 heavy (non-hydrogen) atoms. The van der Waals surface area contributed by atoms with Gasteiger partial charge in [0.25, 0.3) is 11.8 Å². The number of carbonyl (C=O) groups is 2. The van der Waals surface area contributed by atoms with Crippen molar-refractivity contribution in [1.82, 2.24) is 10.6 Å². The van der Waals surface area contributed by atoms with E-state index in [-0.39, 0.29) is 30.7 Å². The molecular formula is C19H22N2O4. The molecule has 0 aliphatic heterocycles. The van der Waals surface area contributed by atoms with E-state index >= 15 is 0 Å². The summed E-state index contributed by atoms with van der Waals surface area (Å²) in [7, 11) is 0. The number of aromatic hydroxyl groups is 1. The number of nitrogens with one attached hydrogen (secondary N) is 2. The molecule has 0 radical (unpaired) electrons. The van der Waals surface area contributed by atoms with Crippen LogP contribution < -0.4 is 15.4 Å². The van der Waals surface area contributed by atoms with Crippen molar-refractivity contribution in [3.05, 3.63) is 59.2 Å². The molecule has 6 nitrogen and oxygen atoms in total. The molecule has 3 N–H and O–H groups in total. The van der Waals surface area contributed by atoms with Gasteiger partial charge in [-0.05, 0) is 43.7 Å². The van der Waals surface area contributed by atoms with Gasteiger partial charge in [0.05, 0.1) is 0 Å². The Labute approximate surface area is 146 Å². The number of phenolic OH excluding ortho intramolecular Hbond substituents is 1.